The highest BCUT2D eigenvalue weighted by molar-refractivity contribution is 7.86. The Hall–Kier alpha value is -1.11. The van der Waals surface area contributed by atoms with Gasteiger partial charge in [0.1, 0.15) is 12.0 Å². The van der Waals surface area contributed by atoms with E-state index in [9.17, 15) is 13.2 Å². The van der Waals surface area contributed by atoms with Crippen LogP contribution in [0.1, 0.15) is 10.8 Å². The van der Waals surface area contributed by atoms with Crippen molar-refractivity contribution in [2.24, 2.45) is 0 Å². The molecule has 7 heteroatoms. The molecule has 1 unspecified atom stereocenters. The first-order valence-electron chi connectivity index (χ1n) is 3.76. The van der Waals surface area contributed by atoms with Crippen LogP contribution in [0, 0.1) is 0 Å². The Morgan fingerprint density at radius 1 is 1.40 bits per heavy atom. The number of hydrogen-bond acceptors (Lipinski definition) is 4. The quantitative estimate of drug-likeness (QED) is 0.621. The van der Waals surface area contributed by atoms with Gasteiger partial charge in [0.25, 0.3) is 10.1 Å². The monoisotopic (exact) mass is 250 g/mol. The van der Waals surface area contributed by atoms with Gasteiger partial charge in [-0.3, -0.25) is 4.55 Å². The molecule has 0 heterocycles. The molecule has 0 aliphatic rings. The summed E-state index contributed by atoms with van der Waals surface area (Å²) in [6.07, 6.45) is 0.0631. The van der Waals surface area contributed by atoms with Crippen LogP contribution in [-0.4, -0.2) is 24.4 Å². The lowest BCUT2D eigenvalue weighted by Gasteiger charge is -2.09. The fraction of sp³-hybridized carbons (Fsp3) is 0.125. The molecule has 0 radical (unpaired) electrons. The van der Waals surface area contributed by atoms with Crippen LogP contribution in [0.5, 0.6) is 5.75 Å². The Balaban J connectivity index is 3.32. The third kappa shape index (κ3) is 2.68. The third-order valence-corrected chi connectivity index (χ3v) is 3.07. The molecule has 0 saturated carbocycles. The Labute approximate surface area is 91.0 Å². The first-order chi connectivity index (χ1) is 6.86. The highest BCUT2D eigenvalue weighted by Crippen LogP contribution is 2.29. The van der Waals surface area contributed by atoms with Crippen LogP contribution in [0.2, 0.25) is 5.02 Å². The second-order valence-corrected chi connectivity index (χ2v) is 4.72. The normalized spacial score (nSPS) is 13.5. The molecule has 15 heavy (non-hydrogen) atoms. The number of hydrogen-bond donors (Lipinski definition) is 2. The molecule has 0 aliphatic carbocycles. The average molecular weight is 251 g/mol. The predicted molar refractivity (Wildman–Crippen MR) is 53.5 cm³/mol. The highest BCUT2D eigenvalue weighted by Gasteiger charge is 2.26. The summed E-state index contributed by atoms with van der Waals surface area (Å²) in [5.41, 5.74) is -0.0769. The minimum Gasteiger partial charge on any atom is -0.508 e. The maximum absolute atomic E-state index is 10.8. The highest BCUT2D eigenvalue weighted by atomic mass is 35.5. The zero-order chi connectivity index (χ0) is 11.6. The Kier molecular flexibility index (Phi) is 3.33. The number of halogens is 1. The minimum atomic E-state index is -4.54. The van der Waals surface area contributed by atoms with Gasteiger partial charge in [-0.15, -0.1) is 0 Å². The molecule has 0 amide bonds. The average Bonchev–Trinajstić information content (AvgIpc) is 2.07. The van der Waals surface area contributed by atoms with Crippen molar-refractivity contribution in [2.45, 2.75) is 5.25 Å². The number of rotatable bonds is 3. The lowest BCUT2D eigenvalue weighted by atomic mass is 10.1. The van der Waals surface area contributed by atoms with Gasteiger partial charge in [-0.1, -0.05) is 17.7 Å². The second-order valence-electron chi connectivity index (χ2n) is 2.78. The summed E-state index contributed by atoms with van der Waals surface area (Å²) in [7, 11) is -4.54. The topological polar surface area (TPSA) is 91.7 Å². The molecular weight excluding hydrogens is 244 g/mol. The van der Waals surface area contributed by atoms with Crippen LogP contribution < -0.4 is 0 Å². The van der Waals surface area contributed by atoms with Gasteiger partial charge in [-0.2, -0.15) is 8.42 Å². The minimum absolute atomic E-state index is 0.0631. The predicted octanol–water partition coefficient (Wildman–Crippen LogP) is 1.17. The number of aldehydes is 1. The zero-order valence-corrected chi connectivity index (χ0v) is 8.86. The van der Waals surface area contributed by atoms with Crippen molar-refractivity contribution in [1.29, 1.82) is 0 Å². The van der Waals surface area contributed by atoms with Crippen LogP contribution in [0.3, 0.4) is 0 Å². The van der Waals surface area contributed by atoms with Crippen molar-refractivity contribution in [3.8, 4) is 5.75 Å². The lowest BCUT2D eigenvalue weighted by Crippen LogP contribution is -2.13. The van der Waals surface area contributed by atoms with Crippen molar-refractivity contribution < 1.29 is 22.9 Å². The van der Waals surface area contributed by atoms with Crippen molar-refractivity contribution in [3.63, 3.8) is 0 Å². The summed E-state index contributed by atoms with van der Waals surface area (Å²) in [5.74, 6) is -0.163. The standard InChI is InChI=1S/C8H7ClO5S/c9-7-3-5(11)1-2-6(7)8(4-10)15(12,13)14/h1-4,8,11H,(H,12,13,14). The third-order valence-electron chi connectivity index (χ3n) is 1.74. The zero-order valence-electron chi connectivity index (χ0n) is 7.29. The van der Waals surface area contributed by atoms with E-state index >= 15 is 0 Å². The van der Waals surface area contributed by atoms with Gasteiger partial charge in [-0.05, 0) is 17.7 Å². The Morgan fingerprint density at radius 2 is 2.00 bits per heavy atom. The van der Waals surface area contributed by atoms with Gasteiger partial charge in [0, 0.05) is 5.02 Å². The van der Waals surface area contributed by atoms with Crippen LogP contribution >= 0.6 is 11.6 Å². The summed E-state index contributed by atoms with van der Waals surface area (Å²) < 4.78 is 30.4. The SMILES string of the molecule is O=CC(c1ccc(O)cc1Cl)S(=O)(=O)O. The largest absolute Gasteiger partial charge is 0.508 e. The van der Waals surface area contributed by atoms with E-state index < -0.39 is 15.4 Å². The molecule has 1 aromatic rings. The van der Waals surface area contributed by atoms with E-state index in [-0.39, 0.29) is 22.6 Å². The van der Waals surface area contributed by atoms with Crippen LogP contribution in [0.4, 0.5) is 0 Å². The number of carbonyl (C=O) groups is 1. The van der Waals surface area contributed by atoms with Gasteiger partial charge in [-0.25, -0.2) is 0 Å². The van der Waals surface area contributed by atoms with Crippen molar-refractivity contribution in [2.75, 3.05) is 0 Å². The van der Waals surface area contributed by atoms with Gasteiger partial charge < -0.3 is 9.90 Å². The van der Waals surface area contributed by atoms with Crippen LogP contribution in [0.15, 0.2) is 18.2 Å². The molecule has 0 spiro atoms. The molecule has 82 valence electrons. The Morgan fingerprint density at radius 3 is 2.40 bits per heavy atom. The second kappa shape index (κ2) is 4.18. The number of carbonyl (C=O) groups excluding carboxylic acids is 1. The summed E-state index contributed by atoms with van der Waals surface area (Å²) in [6.45, 7) is 0. The maximum Gasteiger partial charge on any atom is 0.279 e. The summed E-state index contributed by atoms with van der Waals surface area (Å²) in [5, 5.41) is 7.17. The number of phenolic OH excluding ortho intramolecular Hbond substituents is 1. The maximum atomic E-state index is 10.8. The molecule has 2 N–H and O–H groups in total. The van der Waals surface area contributed by atoms with Gasteiger partial charge in [0.05, 0.1) is 0 Å². The smallest absolute Gasteiger partial charge is 0.279 e. The van der Waals surface area contributed by atoms with Gasteiger partial charge >= 0.3 is 0 Å². The summed E-state index contributed by atoms with van der Waals surface area (Å²) in [4.78, 5) is 10.5. The van der Waals surface area contributed by atoms with Crippen molar-refractivity contribution >= 4 is 28.0 Å². The number of benzene rings is 1. The molecule has 1 atom stereocenters. The van der Waals surface area contributed by atoms with E-state index in [0.29, 0.717) is 0 Å². The first-order valence-corrected chi connectivity index (χ1v) is 5.64. The molecule has 0 saturated heterocycles. The summed E-state index contributed by atoms with van der Waals surface area (Å²) in [6, 6.07) is 3.41. The molecule has 0 fully saturated rings. The molecule has 5 nitrogen and oxygen atoms in total. The van der Waals surface area contributed by atoms with Crippen LogP contribution in [-0.2, 0) is 14.9 Å². The van der Waals surface area contributed by atoms with E-state index in [1.54, 1.807) is 0 Å². The van der Waals surface area contributed by atoms with Crippen molar-refractivity contribution in [3.05, 3.63) is 28.8 Å². The van der Waals surface area contributed by atoms with Crippen molar-refractivity contribution in [1.82, 2.24) is 0 Å². The molecule has 1 rings (SSSR count). The lowest BCUT2D eigenvalue weighted by molar-refractivity contribution is -0.107. The van der Waals surface area contributed by atoms with E-state index in [4.69, 9.17) is 21.3 Å². The molecular formula is C8H7ClO5S. The van der Waals surface area contributed by atoms with E-state index in [1.807, 2.05) is 0 Å². The van der Waals surface area contributed by atoms with E-state index in [0.717, 1.165) is 12.1 Å². The fourth-order valence-corrected chi connectivity index (χ4v) is 2.07. The molecule has 0 aliphatic heterocycles. The fourth-order valence-electron chi connectivity index (χ4n) is 1.05. The van der Waals surface area contributed by atoms with E-state index in [1.165, 1.54) is 6.07 Å². The Bertz CT molecular complexity index is 482. The van der Waals surface area contributed by atoms with Crippen LogP contribution in [0.25, 0.3) is 0 Å². The van der Waals surface area contributed by atoms with Gasteiger partial charge in [0.15, 0.2) is 5.25 Å². The first kappa shape index (κ1) is 12.0. The molecule has 0 bridgehead atoms. The molecule has 0 aromatic heterocycles. The van der Waals surface area contributed by atoms with Gasteiger partial charge in [0.2, 0.25) is 0 Å². The summed E-state index contributed by atoms with van der Waals surface area (Å²) >= 11 is 5.61. The van der Waals surface area contributed by atoms with E-state index in [2.05, 4.69) is 0 Å². The molecule has 1 aromatic carbocycles. The number of phenols is 1. The number of aromatic hydroxyl groups is 1.